The Morgan fingerprint density at radius 3 is 2.55 bits per heavy atom. The summed E-state index contributed by atoms with van der Waals surface area (Å²) in [5.41, 5.74) is 3.22. The molecule has 0 atom stereocenters. The minimum atomic E-state index is -0.159. The molecule has 0 saturated carbocycles. The number of rotatable bonds is 5. The van der Waals surface area contributed by atoms with Crippen molar-refractivity contribution in [1.29, 1.82) is 0 Å². The molecule has 1 aromatic carbocycles. The minimum absolute atomic E-state index is 0.124. The van der Waals surface area contributed by atoms with E-state index < -0.39 is 0 Å². The Kier molecular flexibility index (Phi) is 5.78. The van der Waals surface area contributed by atoms with Gasteiger partial charge >= 0.3 is 0 Å². The largest absolute Gasteiger partial charge is 0.467 e. The fourth-order valence-electron chi connectivity index (χ4n) is 3.84. The van der Waals surface area contributed by atoms with Crippen molar-refractivity contribution in [2.45, 2.75) is 6.92 Å². The molecule has 0 unspecified atom stereocenters. The molecule has 33 heavy (non-hydrogen) atoms. The van der Waals surface area contributed by atoms with Crippen LogP contribution < -0.4 is 4.74 Å². The Bertz CT molecular complexity index is 1280. The van der Waals surface area contributed by atoms with Crippen molar-refractivity contribution in [3.63, 3.8) is 0 Å². The molecule has 9 heteroatoms. The monoisotopic (exact) mass is 462 g/mol. The number of hydrogen-bond acceptors (Lipinski definition) is 7. The van der Waals surface area contributed by atoms with Crippen LogP contribution in [0.1, 0.15) is 16.1 Å². The number of carbonyl (C=O) groups excluding carboxylic acids is 2. The van der Waals surface area contributed by atoms with Crippen molar-refractivity contribution < 1.29 is 18.7 Å². The quantitative estimate of drug-likeness (QED) is 0.450. The number of thiophene rings is 1. The molecule has 0 bridgehead atoms. The lowest BCUT2D eigenvalue weighted by atomic mass is 10.0. The molecule has 1 aliphatic heterocycles. The molecule has 0 spiro atoms. The molecule has 168 valence electrons. The van der Waals surface area contributed by atoms with Crippen LogP contribution in [0.4, 0.5) is 0 Å². The Balaban J connectivity index is 1.25. The number of hydrogen-bond donors (Lipinski definition) is 0. The first-order valence-corrected chi connectivity index (χ1v) is 11.5. The van der Waals surface area contributed by atoms with E-state index >= 15 is 0 Å². The van der Waals surface area contributed by atoms with Gasteiger partial charge in [-0.05, 0) is 24.6 Å². The predicted octanol–water partition coefficient (Wildman–Crippen LogP) is 3.62. The average molecular weight is 463 g/mol. The number of aryl methyl sites for hydroxylation is 1. The maximum Gasteiger partial charge on any atom is 0.289 e. The predicted molar refractivity (Wildman–Crippen MR) is 124 cm³/mol. The first-order valence-electron chi connectivity index (χ1n) is 10.6. The van der Waals surface area contributed by atoms with E-state index in [9.17, 15) is 9.59 Å². The summed E-state index contributed by atoms with van der Waals surface area (Å²) in [6.45, 7) is 3.71. The second-order valence-corrected chi connectivity index (χ2v) is 8.67. The Hall–Kier alpha value is -3.72. The SMILES string of the molecule is Cc1ccc(-c2csc3ncnc(OCC(=O)N4CCN(C(=O)c5ccco5)CC4)c23)cc1. The van der Waals surface area contributed by atoms with Crippen molar-refractivity contribution >= 4 is 33.4 Å². The molecule has 3 aromatic heterocycles. The molecule has 0 aliphatic carbocycles. The summed E-state index contributed by atoms with van der Waals surface area (Å²) < 4.78 is 11.1. The zero-order valence-electron chi connectivity index (χ0n) is 18.1. The standard InChI is InChI=1S/C24H22N4O4S/c1-16-4-6-17(7-5-16)18-14-33-23-21(18)22(25-15-26-23)32-13-20(29)27-8-10-28(11-9-27)24(30)19-3-2-12-31-19/h2-7,12,14-15H,8-11,13H2,1H3. The van der Waals surface area contributed by atoms with Gasteiger partial charge < -0.3 is 19.0 Å². The van der Waals surface area contributed by atoms with Gasteiger partial charge in [0.2, 0.25) is 5.88 Å². The third-order valence-electron chi connectivity index (χ3n) is 5.68. The van der Waals surface area contributed by atoms with E-state index in [-0.39, 0.29) is 18.4 Å². The third kappa shape index (κ3) is 4.31. The van der Waals surface area contributed by atoms with Crippen molar-refractivity contribution in [2.24, 2.45) is 0 Å². The van der Waals surface area contributed by atoms with Gasteiger partial charge in [-0.1, -0.05) is 29.8 Å². The van der Waals surface area contributed by atoms with Crippen molar-refractivity contribution in [3.05, 3.63) is 65.7 Å². The van der Waals surface area contributed by atoms with Gasteiger partial charge in [-0.15, -0.1) is 11.3 Å². The lowest BCUT2D eigenvalue weighted by Gasteiger charge is -2.34. The highest BCUT2D eigenvalue weighted by Gasteiger charge is 2.26. The number of benzene rings is 1. The molecule has 4 heterocycles. The van der Waals surface area contributed by atoms with Crippen LogP contribution >= 0.6 is 11.3 Å². The van der Waals surface area contributed by atoms with Gasteiger partial charge in [0.15, 0.2) is 12.4 Å². The van der Waals surface area contributed by atoms with Gasteiger partial charge in [0.25, 0.3) is 11.8 Å². The van der Waals surface area contributed by atoms with Gasteiger partial charge in [0.05, 0.1) is 11.6 Å². The molecular weight excluding hydrogens is 440 g/mol. The molecule has 5 rings (SSSR count). The highest BCUT2D eigenvalue weighted by atomic mass is 32.1. The lowest BCUT2D eigenvalue weighted by Crippen LogP contribution is -2.51. The first-order chi connectivity index (χ1) is 16.1. The highest BCUT2D eigenvalue weighted by molar-refractivity contribution is 7.17. The molecule has 8 nitrogen and oxygen atoms in total. The molecule has 0 N–H and O–H groups in total. The smallest absolute Gasteiger partial charge is 0.289 e. The van der Waals surface area contributed by atoms with Crippen molar-refractivity contribution in [3.8, 4) is 17.0 Å². The van der Waals surface area contributed by atoms with Crippen LogP contribution in [0, 0.1) is 6.92 Å². The lowest BCUT2D eigenvalue weighted by molar-refractivity contribution is -0.134. The van der Waals surface area contributed by atoms with Gasteiger partial charge in [-0.3, -0.25) is 9.59 Å². The molecule has 4 aromatic rings. The van der Waals surface area contributed by atoms with Crippen LogP contribution in [0.2, 0.25) is 0 Å². The van der Waals surface area contributed by atoms with E-state index in [0.29, 0.717) is 37.8 Å². The third-order valence-corrected chi connectivity index (χ3v) is 6.57. The van der Waals surface area contributed by atoms with Crippen LogP contribution in [-0.4, -0.2) is 64.4 Å². The Labute approximate surface area is 194 Å². The van der Waals surface area contributed by atoms with Crippen molar-refractivity contribution in [1.82, 2.24) is 19.8 Å². The normalized spacial score (nSPS) is 14.0. The average Bonchev–Trinajstić information content (AvgIpc) is 3.53. The van der Waals surface area contributed by atoms with E-state index in [2.05, 4.69) is 34.2 Å². The number of ether oxygens (including phenoxy) is 1. The molecule has 1 saturated heterocycles. The minimum Gasteiger partial charge on any atom is -0.467 e. The van der Waals surface area contributed by atoms with E-state index in [1.807, 2.05) is 12.3 Å². The van der Waals surface area contributed by atoms with Crippen LogP contribution in [-0.2, 0) is 4.79 Å². The van der Waals surface area contributed by atoms with Crippen LogP contribution in [0.3, 0.4) is 0 Å². The molecule has 2 amide bonds. The number of aromatic nitrogens is 2. The topological polar surface area (TPSA) is 88.8 Å². The van der Waals surface area contributed by atoms with Gasteiger partial charge in [-0.2, -0.15) is 0 Å². The second kappa shape index (κ2) is 9.03. The van der Waals surface area contributed by atoms with Gasteiger partial charge in [0.1, 0.15) is 11.2 Å². The molecular formula is C24H22N4O4S. The summed E-state index contributed by atoms with van der Waals surface area (Å²) in [6, 6.07) is 11.6. The zero-order valence-corrected chi connectivity index (χ0v) is 18.9. The van der Waals surface area contributed by atoms with E-state index in [1.54, 1.807) is 21.9 Å². The summed E-state index contributed by atoms with van der Waals surface area (Å²) in [7, 11) is 0. The summed E-state index contributed by atoms with van der Waals surface area (Å²) in [5.74, 6) is 0.412. The molecule has 1 aliphatic rings. The number of nitrogens with zero attached hydrogens (tertiary/aromatic N) is 4. The van der Waals surface area contributed by atoms with Crippen molar-refractivity contribution in [2.75, 3.05) is 32.8 Å². The van der Waals surface area contributed by atoms with E-state index in [4.69, 9.17) is 9.15 Å². The number of piperazine rings is 1. The number of furan rings is 1. The summed E-state index contributed by atoms with van der Waals surface area (Å²) in [5, 5.41) is 2.85. The Morgan fingerprint density at radius 2 is 1.82 bits per heavy atom. The highest BCUT2D eigenvalue weighted by Crippen LogP contribution is 2.37. The zero-order chi connectivity index (χ0) is 22.8. The van der Waals surface area contributed by atoms with E-state index in [1.165, 1.54) is 29.5 Å². The van der Waals surface area contributed by atoms with Gasteiger partial charge in [0, 0.05) is 37.1 Å². The fraction of sp³-hybridized carbons (Fsp3) is 0.250. The second-order valence-electron chi connectivity index (χ2n) is 7.81. The van der Waals surface area contributed by atoms with Gasteiger partial charge in [-0.25, -0.2) is 9.97 Å². The Morgan fingerprint density at radius 1 is 1.06 bits per heavy atom. The van der Waals surface area contributed by atoms with Crippen LogP contribution in [0.25, 0.3) is 21.3 Å². The summed E-state index contributed by atoms with van der Waals surface area (Å²) >= 11 is 1.52. The number of amides is 2. The fourth-order valence-corrected chi connectivity index (χ4v) is 4.75. The summed E-state index contributed by atoms with van der Waals surface area (Å²) in [4.78, 5) is 38.1. The maximum atomic E-state index is 12.8. The summed E-state index contributed by atoms with van der Waals surface area (Å²) in [6.07, 6.45) is 2.93. The number of carbonyl (C=O) groups is 2. The van der Waals surface area contributed by atoms with Crippen LogP contribution in [0.5, 0.6) is 5.88 Å². The molecule has 1 fully saturated rings. The van der Waals surface area contributed by atoms with E-state index in [0.717, 1.165) is 21.3 Å². The maximum absolute atomic E-state index is 12.8. The first kappa shape index (κ1) is 21.1. The number of fused-ring (bicyclic) bond motifs is 1. The van der Waals surface area contributed by atoms with Crippen LogP contribution in [0.15, 0.2) is 58.8 Å². The molecule has 0 radical (unpaired) electrons.